The van der Waals surface area contributed by atoms with Gasteiger partial charge in [0.25, 0.3) is 0 Å². The number of hydrogen-bond donors (Lipinski definition) is 0. The number of benzene rings is 3. The van der Waals surface area contributed by atoms with E-state index in [2.05, 4.69) is 0 Å². The Morgan fingerprint density at radius 3 is 2.33 bits per heavy atom. The van der Waals surface area contributed by atoms with Crippen molar-refractivity contribution in [3.8, 4) is 11.5 Å². The summed E-state index contributed by atoms with van der Waals surface area (Å²) in [5, 5.41) is 0. The topological polar surface area (TPSA) is 35.5 Å². The molecule has 1 unspecified atom stereocenters. The van der Waals surface area contributed by atoms with Gasteiger partial charge in [0.05, 0.1) is 12.2 Å². The number of halogens is 6. The smallest absolute Gasteiger partial charge is 0.346 e. The first-order chi connectivity index (χ1) is 20.7. The van der Waals surface area contributed by atoms with Crippen LogP contribution >= 0.6 is 0 Å². The van der Waals surface area contributed by atoms with Crippen LogP contribution in [-0.2, 0) is 6.42 Å². The number of hydrogen-bond acceptors (Lipinski definition) is 3. The number of ether oxygens (including phenoxy) is 2. The fraction of sp³-hybridized carbons (Fsp3) is 0.324. The number of aryl methyl sites for hydroxylation is 1. The zero-order chi connectivity index (χ0) is 31.1. The SMILES string of the molecule is C/C=C/CCc1ccc(C2CC=C(c3ccc(OC(=O)c4ccc(OCCCC)c(F)c4F)c(F)c3F)CC2)c(F)c1F. The molecule has 3 aromatic rings. The lowest BCUT2D eigenvalue weighted by Crippen LogP contribution is -2.14. The van der Waals surface area contributed by atoms with E-state index >= 15 is 4.39 Å². The maximum Gasteiger partial charge on any atom is 0.346 e. The van der Waals surface area contributed by atoms with Gasteiger partial charge >= 0.3 is 5.97 Å². The normalized spacial score (nSPS) is 15.1. The van der Waals surface area contributed by atoms with Crippen LogP contribution < -0.4 is 9.47 Å². The first kappa shape index (κ1) is 31.9. The molecule has 1 aliphatic rings. The van der Waals surface area contributed by atoms with Gasteiger partial charge in [-0.2, -0.15) is 8.78 Å². The van der Waals surface area contributed by atoms with Gasteiger partial charge in [-0.15, -0.1) is 0 Å². The second-order valence-electron chi connectivity index (χ2n) is 10.3. The van der Waals surface area contributed by atoms with Crippen molar-refractivity contribution in [1.82, 2.24) is 0 Å². The summed E-state index contributed by atoms with van der Waals surface area (Å²) >= 11 is 0. The van der Waals surface area contributed by atoms with E-state index in [4.69, 9.17) is 9.47 Å². The van der Waals surface area contributed by atoms with Crippen LogP contribution in [0.1, 0.15) is 85.3 Å². The zero-order valence-corrected chi connectivity index (χ0v) is 23.9. The number of unbranched alkanes of at least 4 members (excludes halogenated alkanes) is 1. The molecule has 0 saturated carbocycles. The maximum absolute atomic E-state index is 15.1. The predicted molar refractivity (Wildman–Crippen MR) is 152 cm³/mol. The molecule has 0 aromatic heterocycles. The Kier molecular flexibility index (Phi) is 10.7. The average Bonchev–Trinajstić information content (AvgIpc) is 3.00. The molecule has 0 spiro atoms. The molecule has 0 amide bonds. The molecule has 0 heterocycles. The van der Waals surface area contributed by atoms with Gasteiger partial charge in [-0.3, -0.25) is 0 Å². The Morgan fingerprint density at radius 2 is 1.63 bits per heavy atom. The third kappa shape index (κ3) is 7.14. The molecule has 9 heteroatoms. The lowest BCUT2D eigenvalue weighted by atomic mass is 9.82. The molecule has 0 bridgehead atoms. The van der Waals surface area contributed by atoms with Crippen LogP contribution in [0.25, 0.3) is 5.57 Å². The number of esters is 1. The van der Waals surface area contributed by atoms with E-state index in [1.165, 1.54) is 6.07 Å². The lowest BCUT2D eigenvalue weighted by molar-refractivity contribution is 0.0720. The van der Waals surface area contributed by atoms with Crippen molar-refractivity contribution in [2.24, 2.45) is 0 Å². The number of rotatable bonds is 11. The molecular weight excluding hydrogens is 570 g/mol. The van der Waals surface area contributed by atoms with Crippen molar-refractivity contribution in [2.75, 3.05) is 6.61 Å². The van der Waals surface area contributed by atoms with Gasteiger partial charge in [-0.25, -0.2) is 22.4 Å². The Labute approximate surface area is 246 Å². The summed E-state index contributed by atoms with van der Waals surface area (Å²) in [5.41, 5.74) is 0.111. The summed E-state index contributed by atoms with van der Waals surface area (Å²) in [6.07, 6.45) is 8.67. The Balaban J connectivity index is 1.46. The van der Waals surface area contributed by atoms with Gasteiger partial charge in [0.2, 0.25) is 11.6 Å². The third-order valence-electron chi connectivity index (χ3n) is 7.48. The van der Waals surface area contributed by atoms with Gasteiger partial charge in [-0.05, 0) is 92.3 Å². The van der Waals surface area contributed by atoms with Crippen molar-refractivity contribution >= 4 is 11.5 Å². The number of carbonyl (C=O) groups is 1. The highest BCUT2D eigenvalue weighted by molar-refractivity contribution is 5.91. The van der Waals surface area contributed by atoms with Crippen LogP contribution in [-0.4, -0.2) is 12.6 Å². The van der Waals surface area contributed by atoms with Gasteiger partial charge in [-0.1, -0.05) is 43.7 Å². The fourth-order valence-corrected chi connectivity index (χ4v) is 5.02. The molecule has 3 nitrogen and oxygen atoms in total. The van der Waals surface area contributed by atoms with Crippen molar-refractivity contribution < 1.29 is 40.6 Å². The molecular formula is C34H32F6O3. The van der Waals surface area contributed by atoms with E-state index < -0.39 is 52.2 Å². The number of carbonyl (C=O) groups excluding carboxylic acids is 1. The molecule has 0 N–H and O–H groups in total. The molecule has 4 rings (SSSR count). The van der Waals surface area contributed by atoms with E-state index in [1.807, 2.05) is 26.0 Å². The van der Waals surface area contributed by atoms with Crippen LogP contribution in [0.15, 0.2) is 54.6 Å². The minimum Gasteiger partial charge on any atom is -0.490 e. The quantitative estimate of drug-likeness (QED) is 0.0721. The zero-order valence-electron chi connectivity index (χ0n) is 23.9. The Morgan fingerprint density at radius 1 is 0.884 bits per heavy atom. The average molecular weight is 603 g/mol. The summed E-state index contributed by atoms with van der Waals surface area (Å²) < 4.78 is 98.4. The monoisotopic (exact) mass is 602 g/mol. The molecule has 43 heavy (non-hydrogen) atoms. The highest BCUT2D eigenvalue weighted by atomic mass is 19.2. The maximum atomic E-state index is 15.1. The summed E-state index contributed by atoms with van der Waals surface area (Å²) in [4.78, 5) is 12.5. The fourth-order valence-electron chi connectivity index (χ4n) is 5.02. The van der Waals surface area contributed by atoms with Crippen molar-refractivity contribution in [3.05, 3.63) is 112 Å². The van der Waals surface area contributed by atoms with Gasteiger partial charge in [0.1, 0.15) is 0 Å². The number of allylic oxidation sites excluding steroid dienone is 4. The first-order valence-electron chi connectivity index (χ1n) is 14.3. The predicted octanol–water partition coefficient (Wildman–Crippen LogP) is 9.78. The highest BCUT2D eigenvalue weighted by Crippen LogP contribution is 2.39. The van der Waals surface area contributed by atoms with Crippen LogP contribution in [0, 0.1) is 34.9 Å². The van der Waals surface area contributed by atoms with Crippen LogP contribution in [0.3, 0.4) is 0 Å². The molecule has 1 aliphatic carbocycles. The minimum absolute atomic E-state index is 0.0764. The van der Waals surface area contributed by atoms with Crippen LogP contribution in [0.4, 0.5) is 26.3 Å². The third-order valence-corrected chi connectivity index (χ3v) is 7.48. The van der Waals surface area contributed by atoms with E-state index in [9.17, 15) is 26.7 Å². The van der Waals surface area contributed by atoms with Crippen molar-refractivity contribution in [3.63, 3.8) is 0 Å². The van der Waals surface area contributed by atoms with Crippen molar-refractivity contribution in [2.45, 2.75) is 64.7 Å². The highest BCUT2D eigenvalue weighted by Gasteiger charge is 2.27. The van der Waals surface area contributed by atoms with E-state index in [0.717, 1.165) is 24.6 Å². The summed E-state index contributed by atoms with van der Waals surface area (Å²) in [6, 6.07) is 7.41. The molecule has 0 aliphatic heterocycles. The lowest BCUT2D eigenvalue weighted by Gasteiger charge is -2.24. The van der Waals surface area contributed by atoms with Gasteiger partial charge in [0.15, 0.2) is 34.8 Å². The van der Waals surface area contributed by atoms with E-state index in [1.54, 1.807) is 18.2 Å². The molecule has 0 fully saturated rings. The standard InChI is InChI=1S/C34H32F6O3/c1-3-5-7-8-22-13-14-23(29(36)28(22)35)20-9-11-21(12-10-20)24-15-18-27(33(40)30(24)37)43-34(41)25-16-17-26(32(39)31(25)38)42-19-6-4-2/h3,5,11,13-18,20H,4,6-10,12,19H2,1-2H3/b5-3+. The summed E-state index contributed by atoms with van der Waals surface area (Å²) in [7, 11) is 0. The molecule has 0 saturated heterocycles. The Hall–Kier alpha value is -4.01. The molecule has 0 radical (unpaired) electrons. The Bertz CT molecular complexity index is 1550. The molecule has 1 atom stereocenters. The summed E-state index contributed by atoms with van der Waals surface area (Å²) in [6.45, 7) is 3.91. The van der Waals surface area contributed by atoms with E-state index in [-0.39, 0.29) is 42.2 Å². The molecule has 228 valence electrons. The largest absolute Gasteiger partial charge is 0.490 e. The second-order valence-corrected chi connectivity index (χ2v) is 10.3. The van der Waals surface area contributed by atoms with Crippen LogP contribution in [0.5, 0.6) is 11.5 Å². The van der Waals surface area contributed by atoms with Gasteiger partial charge in [0, 0.05) is 5.56 Å². The second kappa shape index (κ2) is 14.4. The van der Waals surface area contributed by atoms with Crippen molar-refractivity contribution in [1.29, 1.82) is 0 Å². The first-order valence-corrected chi connectivity index (χ1v) is 14.3. The van der Waals surface area contributed by atoms with Gasteiger partial charge < -0.3 is 9.47 Å². The minimum atomic E-state index is -1.53. The summed E-state index contributed by atoms with van der Waals surface area (Å²) in [5.74, 6) is -10.4. The van der Waals surface area contributed by atoms with Crippen LogP contribution in [0.2, 0.25) is 0 Å². The molecule has 3 aromatic carbocycles. The van der Waals surface area contributed by atoms with E-state index in [0.29, 0.717) is 36.8 Å².